The van der Waals surface area contributed by atoms with Crippen LogP contribution in [0.3, 0.4) is 0 Å². The van der Waals surface area contributed by atoms with E-state index in [1.54, 1.807) is 6.92 Å². The quantitative estimate of drug-likeness (QED) is 0.289. The standard InChI is InChI=1S/C3H6N2O2/c1-2-5-7-3(4)6/h2H,1H3,(H2,4,6)/b5-2-. The molecule has 0 aromatic carbocycles. The van der Waals surface area contributed by atoms with E-state index in [1.165, 1.54) is 6.21 Å². The molecule has 0 unspecified atom stereocenters. The number of oxime groups is 1. The first-order valence-electron chi connectivity index (χ1n) is 1.72. The minimum absolute atomic E-state index is 0.891. The van der Waals surface area contributed by atoms with Crippen LogP contribution in [0.1, 0.15) is 6.92 Å². The van der Waals surface area contributed by atoms with E-state index in [2.05, 4.69) is 15.7 Å². The largest absolute Gasteiger partial charge is 0.430 e. The van der Waals surface area contributed by atoms with Gasteiger partial charge in [0.25, 0.3) is 0 Å². The zero-order valence-electron chi connectivity index (χ0n) is 3.92. The zero-order chi connectivity index (χ0) is 5.70. The molecule has 0 fully saturated rings. The van der Waals surface area contributed by atoms with Crippen molar-refractivity contribution in [2.75, 3.05) is 0 Å². The second-order valence-corrected chi connectivity index (χ2v) is 0.774. The Bertz CT molecular complexity index is 88.9. The van der Waals surface area contributed by atoms with E-state index < -0.39 is 6.09 Å². The van der Waals surface area contributed by atoms with E-state index in [-0.39, 0.29) is 0 Å². The van der Waals surface area contributed by atoms with E-state index in [4.69, 9.17) is 0 Å². The molecule has 0 heterocycles. The van der Waals surface area contributed by atoms with Gasteiger partial charge in [0.1, 0.15) is 0 Å². The molecule has 0 aliphatic carbocycles. The molecule has 2 N–H and O–H groups in total. The van der Waals surface area contributed by atoms with Crippen molar-refractivity contribution >= 4 is 12.3 Å². The molecule has 0 rings (SSSR count). The second-order valence-electron chi connectivity index (χ2n) is 0.774. The monoisotopic (exact) mass is 102 g/mol. The Morgan fingerprint density at radius 3 is 2.71 bits per heavy atom. The average molecular weight is 102 g/mol. The number of hydrogen-bond acceptors (Lipinski definition) is 3. The maximum Gasteiger partial charge on any atom is 0.430 e. The van der Waals surface area contributed by atoms with Crippen molar-refractivity contribution in [3.8, 4) is 0 Å². The molecule has 0 aliphatic heterocycles. The van der Waals surface area contributed by atoms with Crippen molar-refractivity contribution < 1.29 is 9.63 Å². The Morgan fingerprint density at radius 2 is 2.57 bits per heavy atom. The molecule has 0 bridgehead atoms. The molecule has 0 aromatic rings. The highest BCUT2D eigenvalue weighted by molar-refractivity contribution is 5.65. The normalized spacial score (nSPS) is 9.29. The van der Waals surface area contributed by atoms with Gasteiger partial charge in [0, 0.05) is 6.21 Å². The molecule has 4 heteroatoms. The van der Waals surface area contributed by atoms with Gasteiger partial charge >= 0.3 is 6.09 Å². The van der Waals surface area contributed by atoms with E-state index in [0.29, 0.717) is 0 Å². The molecular weight excluding hydrogens is 96.0 g/mol. The fourth-order valence-electron chi connectivity index (χ4n) is 0.105. The first-order valence-corrected chi connectivity index (χ1v) is 1.72. The van der Waals surface area contributed by atoms with Crippen LogP contribution in [0.2, 0.25) is 0 Å². The van der Waals surface area contributed by atoms with Crippen molar-refractivity contribution in [2.24, 2.45) is 10.9 Å². The Morgan fingerprint density at radius 1 is 2.00 bits per heavy atom. The van der Waals surface area contributed by atoms with E-state index >= 15 is 0 Å². The van der Waals surface area contributed by atoms with Crippen molar-refractivity contribution in [3.63, 3.8) is 0 Å². The van der Waals surface area contributed by atoms with Crippen LogP contribution in [0.4, 0.5) is 4.79 Å². The molecule has 0 spiro atoms. The zero-order valence-corrected chi connectivity index (χ0v) is 3.92. The molecule has 0 aromatic heterocycles. The minimum Gasteiger partial charge on any atom is -0.333 e. The summed E-state index contributed by atoms with van der Waals surface area (Å²) in [7, 11) is 0. The summed E-state index contributed by atoms with van der Waals surface area (Å²) >= 11 is 0. The lowest BCUT2D eigenvalue weighted by molar-refractivity contribution is 0.162. The molecule has 0 aliphatic rings. The molecule has 4 nitrogen and oxygen atoms in total. The Balaban J connectivity index is 3.14. The van der Waals surface area contributed by atoms with Crippen LogP contribution < -0.4 is 5.73 Å². The van der Waals surface area contributed by atoms with Gasteiger partial charge in [-0.25, -0.2) is 4.79 Å². The molecule has 0 radical (unpaired) electrons. The summed E-state index contributed by atoms with van der Waals surface area (Å²) < 4.78 is 0. The van der Waals surface area contributed by atoms with Crippen LogP contribution in [0.15, 0.2) is 5.16 Å². The highest BCUT2D eigenvalue weighted by Gasteiger charge is 1.83. The third-order valence-electron chi connectivity index (χ3n) is 0.248. The topological polar surface area (TPSA) is 64.7 Å². The van der Waals surface area contributed by atoms with Gasteiger partial charge in [0.2, 0.25) is 0 Å². The lowest BCUT2D eigenvalue weighted by Gasteiger charge is -1.82. The van der Waals surface area contributed by atoms with Gasteiger partial charge in [0.15, 0.2) is 0 Å². The highest BCUT2D eigenvalue weighted by Crippen LogP contribution is 1.68. The van der Waals surface area contributed by atoms with Gasteiger partial charge in [-0.2, -0.15) is 0 Å². The molecule has 0 atom stereocenters. The van der Waals surface area contributed by atoms with Gasteiger partial charge in [-0.1, -0.05) is 5.16 Å². The van der Waals surface area contributed by atoms with Crippen molar-refractivity contribution in [1.82, 2.24) is 0 Å². The summed E-state index contributed by atoms with van der Waals surface area (Å²) in [5.41, 5.74) is 4.50. The number of rotatable bonds is 1. The predicted molar refractivity (Wildman–Crippen MR) is 24.8 cm³/mol. The van der Waals surface area contributed by atoms with Crippen LogP contribution in [-0.4, -0.2) is 12.3 Å². The minimum atomic E-state index is -0.891. The Labute approximate surface area is 40.9 Å². The number of nitrogens with two attached hydrogens (primary N) is 1. The van der Waals surface area contributed by atoms with E-state index in [9.17, 15) is 4.79 Å². The van der Waals surface area contributed by atoms with Gasteiger partial charge < -0.3 is 5.73 Å². The summed E-state index contributed by atoms with van der Waals surface area (Å²) in [5.74, 6) is 0. The van der Waals surface area contributed by atoms with Gasteiger partial charge in [-0.15, -0.1) is 0 Å². The smallest absolute Gasteiger partial charge is 0.333 e. The number of amides is 1. The van der Waals surface area contributed by atoms with Crippen LogP contribution in [0.5, 0.6) is 0 Å². The van der Waals surface area contributed by atoms with Crippen LogP contribution in [0.25, 0.3) is 0 Å². The lowest BCUT2D eigenvalue weighted by atomic mass is 10.9. The average Bonchev–Trinajstić information content (AvgIpc) is 1.61. The summed E-state index contributed by atoms with van der Waals surface area (Å²) in [6.45, 7) is 1.61. The number of hydrogen-bond donors (Lipinski definition) is 1. The summed E-state index contributed by atoms with van der Waals surface area (Å²) in [6.07, 6.45) is 0.434. The maximum atomic E-state index is 9.64. The fourth-order valence-corrected chi connectivity index (χ4v) is 0.105. The van der Waals surface area contributed by atoms with Crippen LogP contribution >= 0.6 is 0 Å². The SMILES string of the molecule is C/C=N\OC(N)=O. The molecule has 0 saturated carbocycles. The number of carbonyl (C=O) groups excluding carboxylic acids is 1. The summed E-state index contributed by atoms with van der Waals surface area (Å²) in [5, 5.41) is 3.07. The van der Waals surface area contributed by atoms with Crippen LogP contribution in [0, 0.1) is 0 Å². The first kappa shape index (κ1) is 5.94. The lowest BCUT2D eigenvalue weighted by Crippen LogP contribution is -2.08. The Kier molecular flexibility index (Phi) is 2.67. The van der Waals surface area contributed by atoms with Crippen molar-refractivity contribution in [3.05, 3.63) is 0 Å². The second kappa shape index (κ2) is 3.14. The third kappa shape index (κ3) is 4.94. The molecular formula is C3H6N2O2. The first-order chi connectivity index (χ1) is 3.27. The van der Waals surface area contributed by atoms with E-state index in [1.807, 2.05) is 0 Å². The highest BCUT2D eigenvalue weighted by atomic mass is 16.7. The number of primary amides is 1. The summed E-state index contributed by atoms with van der Waals surface area (Å²) in [4.78, 5) is 13.5. The molecule has 40 valence electrons. The van der Waals surface area contributed by atoms with Crippen molar-refractivity contribution in [2.45, 2.75) is 6.92 Å². The fraction of sp³-hybridized carbons (Fsp3) is 0.333. The van der Waals surface area contributed by atoms with Gasteiger partial charge in [-0.05, 0) is 6.92 Å². The van der Waals surface area contributed by atoms with Crippen LogP contribution in [-0.2, 0) is 4.84 Å². The summed E-state index contributed by atoms with van der Waals surface area (Å²) in [6, 6.07) is 0. The predicted octanol–water partition coefficient (Wildman–Crippen LogP) is 0.0874. The van der Waals surface area contributed by atoms with Crippen molar-refractivity contribution in [1.29, 1.82) is 0 Å². The molecule has 1 amide bonds. The van der Waals surface area contributed by atoms with E-state index in [0.717, 1.165) is 0 Å². The maximum absolute atomic E-state index is 9.64. The number of carbonyl (C=O) groups is 1. The third-order valence-corrected chi connectivity index (χ3v) is 0.248. The number of nitrogens with zero attached hydrogens (tertiary/aromatic N) is 1. The molecule has 7 heavy (non-hydrogen) atoms. The van der Waals surface area contributed by atoms with Gasteiger partial charge in [0.05, 0.1) is 0 Å². The van der Waals surface area contributed by atoms with Gasteiger partial charge in [-0.3, -0.25) is 4.84 Å². The molecule has 0 saturated heterocycles. The Hall–Kier alpha value is -1.06.